The molecule has 3 aromatic carbocycles. The Balaban J connectivity index is 1.58. The van der Waals surface area contributed by atoms with Crippen molar-refractivity contribution in [1.82, 2.24) is 9.99 Å². The van der Waals surface area contributed by atoms with Crippen LogP contribution in [0.4, 0.5) is 0 Å². The Bertz CT molecular complexity index is 1330. The molecule has 0 aliphatic rings. The van der Waals surface area contributed by atoms with E-state index in [2.05, 4.69) is 33.3 Å². The maximum Gasteiger partial charge on any atom is 0.313 e. The molecule has 0 radical (unpaired) electrons. The van der Waals surface area contributed by atoms with Crippen LogP contribution >= 0.6 is 11.8 Å². The number of carbonyl (C=O) groups is 2. The lowest BCUT2D eigenvalue weighted by molar-refractivity contribution is -0.133. The molecule has 0 unspecified atom stereocenters. The number of aromatic nitrogens is 1. The lowest BCUT2D eigenvalue weighted by Gasteiger charge is -2.09. The van der Waals surface area contributed by atoms with Crippen LogP contribution in [0.25, 0.3) is 16.6 Å². The standard InChI is InChI=1S/C27H25N3O3S/c1-19-23(22-14-8-9-15-25(22)30(19)21-12-6-3-7-13-21)16-26(31)29-28-24(17-34-18-27(32)33)20-10-4-2-5-11-20/h2-15H,16-18H2,1H3,(H,29,31)(H,32,33)/b28-24-. The average Bonchev–Trinajstić information content (AvgIpc) is 3.13. The number of nitrogens with zero attached hydrogens (tertiary/aromatic N) is 2. The van der Waals surface area contributed by atoms with Crippen LogP contribution in [0.3, 0.4) is 0 Å². The number of hydrogen-bond donors (Lipinski definition) is 2. The van der Waals surface area contributed by atoms with Crippen molar-refractivity contribution in [3.05, 3.63) is 102 Å². The quantitative estimate of drug-likeness (QED) is 0.271. The fraction of sp³-hybridized carbons (Fsp3) is 0.148. The summed E-state index contributed by atoms with van der Waals surface area (Å²) in [6, 6.07) is 27.6. The predicted octanol–water partition coefficient (Wildman–Crippen LogP) is 4.82. The Labute approximate surface area is 202 Å². The van der Waals surface area contributed by atoms with E-state index in [4.69, 9.17) is 5.11 Å². The number of carbonyl (C=O) groups excluding carboxylic acids is 1. The molecule has 0 aliphatic carbocycles. The molecule has 0 saturated carbocycles. The Morgan fingerprint density at radius 2 is 1.56 bits per heavy atom. The number of benzene rings is 3. The number of hydrazone groups is 1. The van der Waals surface area contributed by atoms with Crippen molar-refractivity contribution in [2.75, 3.05) is 11.5 Å². The van der Waals surface area contributed by atoms with E-state index >= 15 is 0 Å². The van der Waals surface area contributed by atoms with Gasteiger partial charge in [-0.3, -0.25) is 9.59 Å². The largest absolute Gasteiger partial charge is 0.481 e. The summed E-state index contributed by atoms with van der Waals surface area (Å²) < 4.78 is 2.17. The predicted molar refractivity (Wildman–Crippen MR) is 138 cm³/mol. The third-order valence-corrected chi connectivity index (χ3v) is 6.41. The van der Waals surface area contributed by atoms with Crippen molar-refractivity contribution in [1.29, 1.82) is 0 Å². The lowest BCUT2D eigenvalue weighted by atomic mass is 10.1. The molecular formula is C27H25N3O3S. The second kappa shape index (κ2) is 10.9. The van der Waals surface area contributed by atoms with Crippen LogP contribution < -0.4 is 5.43 Å². The molecule has 0 fully saturated rings. The number of hydrogen-bond acceptors (Lipinski definition) is 4. The molecule has 0 aliphatic heterocycles. The lowest BCUT2D eigenvalue weighted by Crippen LogP contribution is -2.23. The molecule has 6 nitrogen and oxygen atoms in total. The Morgan fingerprint density at radius 3 is 2.26 bits per heavy atom. The van der Waals surface area contributed by atoms with Crippen LogP contribution in [0.2, 0.25) is 0 Å². The molecule has 0 bridgehead atoms. The molecule has 7 heteroatoms. The van der Waals surface area contributed by atoms with Gasteiger partial charge in [-0.25, -0.2) is 5.43 Å². The van der Waals surface area contributed by atoms with E-state index in [1.807, 2.05) is 73.7 Å². The second-order valence-electron chi connectivity index (χ2n) is 7.77. The smallest absolute Gasteiger partial charge is 0.313 e. The maximum atomic E-state index is 12.9. The number of para-hydroxylation sites is 2. The van der Waals surface area contributed by atoms with Crippen LogP contribution in [0.5, 0.6) is 0 Å². The van der Waals surface area contributed by atoms with Crippen molar-refractivity contribution in [2.24, 2.45) is 5.10 Å². The number of carboxylic acid groups (broad SMARTS) is 1. The zero-order valence-corrected chi connectivity index (χ0v) is 19.6. The number of amides is 1. The molecule has 0 saturated heterocycles. The van der Waals surface area contributed by atoms with Gasteiger partial charge in [0.2, 0.25) is 5.91 Å². The van der Waals surface area contributed by atoms with Gasteiger partial charge in [-0.1, -0.05) is 66.7 Å². The zero-order valence-electron chi connectivity index (χ0n) is 18.8. The number of fused-ring (bicyclic) bond motifs is 1. The van der Waals surface area contributed by atoms with Gasteiger partial charge in [0.05, 0.1) is 23.4 Å². The molecular weight excluding hydrogens is 446 g/mol. The molecule has 172 valence electrons. The first-order chi connectivity index (χ1) is 16.5. The molecule has 4 rings (SSSR count). The van der Waals surface area contributed by atoms with Crippen molar-refractivity contribution >= 4 is 40.3 Å². The van der Waals surface area contributed by atoms with E-state index in [0.29, 0.717) is 11.5 Å². The summed E-state index contributed by atoms with van der Waals surface area (Å²) in [4.78, 5) is 23.8. The molecule has 0 spiro atoms. The van der Waals surface area contributed by atoms with Gasteiger partial charge < -0.3 is 9.67 Å². The topological polar surface area (TPSA) is 83.7 Å². The minimum absolute atomic E-state index is 0.0298. The molecule has 4 aromatic rings. The Hall–Kier alpha value is -3.84. The SMILES string of the molecule is Cc1c(CC(=O)N/N=C(/CSCC(=O)O)c2ccccc2)c2ccccc2n1-c1ccccc1. The van der Waals surface area contributed by atoms with Crippen molar-refractivity contribution < 1.29 is 14.7 Å². The molecule has 1 amide bonds. The van der Waals surface area contributed by atoms with Gasteiger partial charge in [0.15, 0.2) is 0 Å². The normalized spacial score (nSPS) is 11.5. The summed E-state index contributed by atoms with van der Waals surface area (Å²) in [5.41, 5.74) is 8.21. The molecule has 0 atom stereocenters. The van der Waals surface area contributed by atoms with Gasteiger partial charge in [0, 0.05) is 22.5 Å². The zero-order chi connectivity index (χ0) is 23.9. The minimum Gasteiger partial charge on any atom is -0.481 e. The van der Waals surface area contributed by atoms with E-state index in [-0.39, 0.29) is 18.1 Å². The summed E-state index contributed by atoms with van der Waals surface area (Å²) in [7, 11) is 0. The summed E-state index contributed by atoms with van der Waals surface area (Å²) in [6.07, 6.45) is 0.181. The second-order valence-corrected chi connectivity index (χ2v) is 8.76. The number of rotatable bonds is 9. The summed E-state index contributed by atoms with van der Waals surface area (Å²) in [6.45, 7) is 2.02. The van der Waals surface area contributed by atoms with Gasteiger partial charge in [-0.15, -0.1) is 11.8 Å². The number of nitrogens with one attached hydrogen (secondary N) is 1. The summed E-state index contributed by atoms with van der Waals surface area (Å²) in [5, 5.41) is 14.3. The average molecular weight is 472 g/mol. The molecule has 2 N–H and O–H groups in total. The van der Waals surface area contributed by atoms with Gasteiger partial charge in [0.1, 0.15) is 0 Å². The molecule has 1 heterocycles. The first-order valence-corrected chi connectivity index (χ1v) is 12.0. The fourth-order valence-electron chi connectivity index (χ4n) is 3.94. The monoisotopic (exact) mass is 471 g/mol. The Kier molecular flexibility index (Phi) is 7.44. The van der Waals surface area contributed by atoms with E-state index in [9.17, 15) is 9.59 Å². The third kappa shape index (κ3) is 5.38. The third-order valence-electron chi connectivity index (χ3n) is 5.48. The van der Waals surface area contributed by atoms with Crippen LogP contribution in [-0.4, -0.2) is 38.8 Å². The minimum atomic E-state index is -0.883. The Morgan fingerprint density at radius 1 is 0.912 bits per heavy atom. The van der Waals surface area contributed by atoms with Crippen LogP contribution in [0, 0.1) is 6.92 Å². The van der Waals surface area contributed by atoms with Crippen molar-refractivity contribution in [2.45, 2.75) is 13.3 Å². The highest BCUT2D eigenvalue weighted by Crippen LogP contribution is 2.29. The highest BCUT2D eigenvalue weighted by Gasteiger charge is 2.17. The van der Waals surface area contributed by atoms with Crippen LogP contribution in [0.15, 0.2) is 90.0 Å². The maximum absolute atomic E-state index is 12.9. The van der Waals surface area contributed by atoms with Gasteiger partial charge in [-0.05, 0) is 36.2 Å². The van der Waals surface area contributed by atoms with E-state index in [1.54, 1.807) is 0 Å². The van der Waals surface area contributed by atoms with E-state index in [1.165, 1.54) is 11.8 Å². The summed E-state index contributed by atoms with van der Waals surface area (Å²) >= 11 is 1.24. The molecule has 1 aromatic heterocycles. The van der Waals surface area contributed by atoms with Crippen molar-refractivity contribution in [3.63, 3.8) is 0 Å². The van der Waals surface area contributed by atoms with Gasteiger partial charge >= 0.3 is 5.97 Å². The number of carboxylic acids is 1. The molecule has 34 heavy (non-hydrogen) atoms. The van der Waals surface area contributed by atoms with Crippen LogP contribution in [0.1, 0.15) is 16.8 Å². The van der Waals surface area contributed by atoms with E-state index in [0.717, 1.165) is 33.4 Å². The summed E-state index contributed by atoms with van der Waals surface area (Å²) in [5.74, 6) is -0.761. The first kappa shape index (κ1) is 23.3. The highest BCUT2D eigenvalue weighted by atomic mass is 32.2. The fourth-order valence-corrected chi connectivity index (χ4v) is 4.64. The first-order valence-electron chi connectivity index (χ1n) is 10.9. The number of thioether (sulfide) groups is 1. The van der Waals surface area contributed by atoms with Crippen molar-refractivity contribution in [3.8, 4) is 5.69 Å². The van der Waals surface area contributed by atoms with Gasteiger partial charge in [-0.2, -0.15) is 5.10 Å². The van der Waals surface area contributed by atoms with Gasteiger partial charge in [0.25, 0.3) is 0 Å². The highest BCUT2D eigenvalue weighted by molar-refractivity contribution is 8.00. The number of aliphatic carboxylic acids is 1. The van der Waals surface area contributed by atoms with E-state index < -0.39 is 5.97 Å². The van der Waals surface area contributed by atoms with Crippen LogP contribution in [-0.2, 0) is 16.0 Å².